The number of aromatic nitrogens is 3. The first kappa shape index (κ1) is 20.7. The van der Waals surface area contributed by atoms with Gasteiger partial charge in [-0.15, -0.1) is 0 Å². The van der Waals surface area contributed by atoms with E-state index in [1.807, 2.05) is 0 Å². The molecular weight excluding hydrogens is 402 g/mol. The summed E-state index contributed by atoms with van der Waals surface area (Å²) < 4.78 is 41.0. The molecule has 0 saturated heterocycles. The topological polar surface area (TPSA) is 105 Å². The molecule has 1 aromatic carbocycles. The third-order valence-corrected chi connectivity index (χ3v) is 3.92. The molecule has 3 aromatic rings. The largest absolute Gasteiger partial charge is 0.493 e. The lowest BCUT2D eigenvalue weighted by Gasteiger charge is -2.15. The van der Waals surface area contributed by atoms with E-state index in [9.17, 15) is 18.4 Å². The number of hydrogen-bond acceptors (Lipinski definition) is 7. The fourth-order valence-electron chi connectivity index (χ4n) is 2.54. The summed E-state index contributed by atoms with van der Waals surface area (Å²) in [5.74, 6) is -1.43. The zero-order chi connectivity index (χ0) is 21.7. The fourth-order valence-corrected chi connectivity index (χ4v) is 2.54. The number of carbonyl (C=O) groups excluding carboxylic acids is 2. The molecule has 0 atom stereocenters. The molecule has 0 aliphatic carbocycles. The summed E-state index contributed by atoms with van der Waals surface area (Å²) in [5, 5.41) is 6.51. The lowest BCUT2D eigenvalue weighted by molar-refractivity contribution is -0.0511. The lowest BCUT2D eigenvalue weighted by Crippen LogP contribution is -2.17. The Hall–Kier alpha value is -4.02. The highest BCUT2D eigenvalue weighted by Gasteiger charge is 2.21. The number of amides is 1. The molecular formula is C19H16F2N4O5. The highest BCUT2D eigenvalue weighted by Crippen LogP contribution is 2.35. The van der Waals surface area contributed by atoms with Crippen molar-refractivity contribution in [3.8, 4) is 17.3 Å². The molecule has 11 heteroatoms. The predicted octanol–water partition coefficient (Wildman–Crippen LogP) is 2.92. The first-order valence-corrected chi connectivity index (χ1v) is 8.45. The van der Waals surface area contributed by atoms with Gasteiger partial charge in [0.15, 0.2) is 17.3 Å². The number of nitrogens with zero attached hydrogens (tertiary/aromatic N) is 3. The van der Waals surface area contributed by atoms with Gasteiger partial charge in [0.05, 0.1) is 31.0 Å². The van der Waals surface area contributed by atoms with Crippen LogP contribution in [0.15, 0.2) is 48.9 Å². The Labute approximate surface area is 169 Å². The van der Waals surface area contributed by atoms with E-state index in [0.29, 0.717) is 5.82 Å². The van der Waals surface area contributed by atoms with E-state index in [4.69, 9.17) is 4.74 Å². The zero-order valence-electron chi connectivity index (χ0n) is 15.8. The molecule has 30 heavy (non-hydrogen) atoms. The van der Waals surface area contributed by atoms with E-state index in [1.165, 1.54) is 24.1 Å². The van der Waals surface area contributed by atoms with Gasteiger partial charge in [-0.05, 0) is 18.2 Å². The van der Waals surface area contributed by atoms with Crippen molar-refractivity contribution in [2.75, 3.05) is 19.5 Å². The summed E-state index contributed by atoms with van der Waals surface area (Å²) in [7, 11) is 2.36. The Morgan fingerprint density at radius 3 is 2.53 bits per heavy atom. The molecule has 0 aliphatic heterocycles. The van der Waals surface area contributed by atoms with Crippen molar-refractivity contribution in [3.63, 3.8) is 0 Å². The molecule has 0 bridgehead atoms. The molecule has 1 N–H and O–H groups in total. The number of esters is 1. The Kier molecular flexibility index (Phi) is 6.20. The van der Waals surface area contributed by atoms with Crippen molar-refractivity contribution in [1.29, 1.82) is 0 Å². The summed E-state index contributed by atoms with van der Waals surface area (Å²) >= 11 is 0. The molecule has 0 saturated carbocycles. The van der Waals surface area contributed by atoms with Crippen molar-refractivity contribution in [2.45, 2.75) is 6.61 Å². The first-order valence-electron chi connectivity index (χ1n) is 8.45. The van der Waals surface area contributed by atoms with Crippen LogP contribution in [0.5, 0.6) is 11.5 Å². The average Bonchev–Trinajstić information content (AvgIpc) is 3.28. The maximum atomic E-state index is 12.7. The van der Waals surface area contributed by atoms with E-state index < -0.39 is 18.5 Å². The maximum absolute atomic E-state index is 12.7. The Bertz CT molecular complexity index is 1040. The van der Waals surface area contributed by atoms with Crippen LogP contribution < -0.4 is 14.8 Å². The Morgan fingerprint density at radius 2 is 1.97 bits per heavy atom. The van der Waals surface area contributed by atoms with Crippen molar-refractivity contribution < 1.29 is 32.6 Å². The van der Waals surface area contributed by atoms with Crippen molar-refractivity contribution in [2.24, 2.45) is 0 Å². The van der Waals surface area contributed by atoms with Crippen molar-refractivity contribution in [3.05, 3.63) is 60.0 Å². The Morgan fingerprint density at radius 1 is 1.17 bits per heavy atom. The molecule has 3 rings (SSSR count). The summed E-state index contributed by atoms with van der Waals surface area (Å²) in [6.07, 6.45) is 4.58. The third-order valence-electron chi connectivity index (χ3n) is 3.92. The number of ether oxygens (including phenoxy) is 3. The second kappa shape index (κ2) is 8.99. The zero-order valence-corrected chi connectivity index (χ0v) is 15.8. The number of carbonyl (C=O) groups is 2. The van der Waals surface area contributed by atoms with Crippen molar-refractivity contribution >= 4 is 17.6 Å². The molecule has 0 aliphatic rings. The predicted molar refractivity (Wildman–Crippen MR) is 100 cm³/mol. The number of benzene rings is 1. The van der Waals surface area contributed by atoms with Crippen LogP contribution in [0.2, 0.25) is 0 Å². The van der Waals surface area contributed by atoms with Crippen LogP contribution in [0, 0.1) is 0 Å². The van der Waals surface area contributed by atoms with Gasteiger partial charge in [0.1, 0.15) is 0 Å². The first-order chi connectivity index (χ1) is 14.4. The second-order valence-corrected chi connectivity index (χ2v) is 5.73. The van der Waals surface area contributed by atoms with E-state index in [2.05, 4.69) is 24.9 Å². The number of pyridine rings is 1. The molecule has 2 heterocycles. The van der Waals surface area contributed by atoms with Gasteiger partial charge in [-0.25, -0.2) is 14.5 Å². The Balaban J connectivity index is 1.91. The van der Waals surface area contributed by atoms with Gasteiger partial charge in [0.2, 0.25) is 0 Å². The van der Waals surface area contributed by atoms with Crippen LogP contribution in [0.3, 0.4) is 0 Å². The molecule has 0 fully saturated rings. The number of halogens is 2. The highest BCUT2D eigenvalue weighted by atomic mass is 19.3. The second-order valence-electron chi connectivity index (χ2n) is 5.73. The van der Waals surface area contributed by atoms with Crippen LogP contribution in [0.1, 0.15) is 20.7 Å². The third kappa shape index (κ3) is 4.51. The van der Waals surface area contributed by atoms with Gasteiger partial charge < -0.3 is 19.5 Å². The summed E-state index contributed by atoms with van der Waals surface area (Å²) in [4.78, 5) is 28.9. The smallest absolute Gasteiger partial charge is 0.387 e. The van der Waals surface area contributed by atoms with E-state index in [-0.39, 0.29) is 28.3 Å². The number of rotatable bonds is 7. The molecule has 0 radical (unpaired) electrons. The highest BCUT2D eigenvalue weighted by molar-refractivity contribution is 6.08. The minimum Gasteiger partial charge on any atom is -0.493 e. The van der Waals surface area contributed by atoms with Gasteiger partial charge in [-0.1, -0.05) is 0 Å². The number of hydrogen-bond donors (Lipinski definition) is 1. The molecule has 156 valence electrons. The minimum atomic E-state index is -3.13. The van der Waals surface area contributed by atoms with Gasteiger partial charge >= 0.3 is 12.6 Å². The van der Waals surface area contributed by atoms with Crippen molar-refractivity contribution in [1.82, 2.24) is 14.8 Å². The van der Waals surface area contributed by atoms with E-state index in [0.717, 1.165) is 19.2 Å². The molecule has 2 aromatic heterocycles. The van der Waals surface area contributed by atoms with Crippen LogP contribution in [-0.2, 0) is 4.74 Å². The van der Waals surface area contributed by atoms with Gasteiger partial charge in [0, 0.05) is 30.7 Å². The van der Waals surface area contributed by atoms with E-state index >= 15 is 0 Å². The SMILES string of the molecule is COC(=O)c1cc(OC)c(OC(F)F)cc1NC(=O)c1ccc(-n2cccn2)nc1. The summed E-state index contributed by atoms with van der Waals surface area (Å²) in [6, 6.07) is 6.98. The van der Waals surface area contributed by atoms with Crippen LogP contribution >= 0.6 is 0 Å². The quantitative estimate of drug-likeness (QED) is 0.588. The normalized spacial score (nSPS) is 10.6. The summed E-state index contributed by atoms with van der Waals surface area (Å²) in [5.41, 5.74) is -0.0428. The minimum absolute atomic E-state index is 0.0977. The lowest BCUT2D eigenvalue weighted by atomic mass is 10.1. The number of methoxy groups -OCH3 is 2. The number of anilines is 1. The standard InChI is InChI=1S/C19H16F2N4O5/c1-28-14-8-12(18(27)29-2)13(9-15(14)30-19(20)21)24-17(26)11-4-5-16(22-10-11)25-7-3-6-23-25/h3-10,19H,1-2H3,(H,24,26). The molecule has 0 unspecified atom stereocenters. The number of alkyl halides is 2. The van der Waals surface area contributed by atoms with E-state index in [1.54, 1.807) is 24.5 Å². The van der Waals surface area contributed by atoms with Crippen LogP contribution in [-0.4, -0.2) is 47.5 Å². The maximum Gasteiger partial charge on any atom is 0.387 e. The summed E-state index contributed by atoms with van der Waals surface area (Å²) in [6.45, 7) is -3.13. The monoisotopic (exact) mass is 418 g/mol. The van der Waals surface area contributed by atoms with Gasteiger partial charge in [-0.3, -0.25) is 4.79 Å². The molecule has 9 nitrogen and oxygen atoms in total. The molecule has 0 spiro atoms. The van der Waals surface area contributed by atoms with Gasteiger partial charge in [-0.2, -0.15) is 13.9 Å². The van der Waals surface area contributed by atoms with Crippen LogP contribution in [0.4, 0.5) is 14.5 Å². The average molecular weight is 418 g/mol. The molecule has 1 amide bonds. The van der Waals surface area contributed by atoms with Crippen LogP contribution in [0.25, 0.3) is 5.82 Å². The van der Waals surface area contributed by atoms with Gasteiger partial charge in [0.25, 0.3) is 5.91 Å². The number of nitrogens with one attached hydrogen (secondary N) is 1. The fraction of sp³-hybridized carbons (Fsp3) is 0.158.